The van der Waals surface area contributed by atoms with Crippen molar-refractivity contribution in [1.29, 1.82) is 0 Å². The normalized spacial score (nSPS) is 17.4. The number of aromatic nitrogens is 3. The SMILES string of the molecule is CC(C)c1n[nH]c(=S)n1CCC1CCCC1. The van der Waals surface area contributed by atoms with E-state index in [0.29, 0.717) is 5.92 Å². The minimum atomic E-state index is 0.441. The molecule has 0 bridgehead atoms. The highest BCUT2D eigenvalue weighted by Crippen LogP contribution is 2.28. The minimum absolute atomic E-state index is 0.441. The molecule has 0 radical (unpaired) electrons. The van der Waals surface area contributed by atoms with E-state index in [1.807, 2.05) is 0 Å². The van der Waals surface area contributed by atoms with Crippen LogP contribution in [0.25, 0.3) is 0 Å². The molecule has 16 heavy (non-hydrogen) atoms. The first-order valence-corrected chi connectivity index (χ1v) is 6.74. The molecule has 4 heteroatoms. The van der Waals surface area contributed by atoms with Crippen molar-refractivity contribution < 1.29 is 0 Å². The Kier molecular flexibility index (Phi) is 3.79. The average Bonchev–Trinajstić information content (AvgIpc) is 2.84. The topological polar surface area (TPSA) is 33.6 Å². The summed E-state index contributed by atoms with van der Waals surface area (Å²) in [7, 11) is 0. The van der Waals surface area contributed by atoms with Gasteiger partial charge in [0, 0.05) is 12.5 Å². The van der Waals surface area contributed by atoms with Crippen molar-refractivity contribution in [2.24, 2.45) is 5.92 Å². The second-order valence-corrected chi connectivity index (χ2v) is 5.52. The van der Waals surface area contributed by atoms with Gasteiger partial charge in [-0.1, -0.05) is 39.5 Å². The van der Waals surface area contributed by atoms with Crippen LogP contribution in [0.2, 0.25) is 0 Å². The summed E-state index contributed by atoms with van der Waals surface area (Å²) in [5.74, 6) is 2.45. The Morgan fingerprint density at radius 3 is 2.75 bits per heavy atom. The van der Waals surface area contributed by atoms with E-state index in [1.54, 1.807) is 0 Å². The summed E-state index contributed by atoms with van der Waals surface area (Å²) in [6.45, 7) is 5.36. The summed E-state index contributed by atoms with van der Waals surface area (Å²) in [5, 5.41) is 7.22. The maximum Gasteiger partial charge on any atom is 0.195 e. The highest BCUT2D eigenvalue weighted by atomic mass is 32.1. The van der Waals surface area contributed by atoms with E-state index < -0.39 is 0 Å². The van der Waals surface area contributed by atoms with Gasteiger partial charge in [-0.25, -0.2) is 0 Å². The third-order valence-corrected chi connectivity index (χ3v) is 3.85. The molecule has 3 nitrogen and oxygen atoms in total. The quantitative estimate of drug-likeness (QED) is 0.814. The molecule has 1 saturated carbocycles. The van der Waals surface area contributed by atoms with E-state index >= 15 is 0 Å². The molecule has 2 rings (SSSR count). The molecular weight excluding hydrogens is 218 g/mol. The molecule has 90 valence electrons. The number of nitrogens with zero attached hydrogens (tertiary/aromatic N) is 2. The van der Waals surface area contributed by atoms with Crippen LogP contribution >= 0.6 is 12.2 Å². The highest BCUT2D eigenvalue weighted by molar-refractivity contribution is 7.71. The highest BCUT2D eigenvalue weighted by Gasteiger charge is 2.16. The van der Waals surface area contributed by atoms with Gasteiger partial charge in [-0.15, -0.1) is 0 Å². The lowest BCUT2D eigenvalue weighted by Gasteiger charge is -2.12. The van der Waals surface area contributed by atoms with Crippen molar-refractivity contribution in [2.45, 2.75) is 58.4 Å². The lowest BCUT2D eigenvalue weighted by Crippen LogP contribution is -2.08. The standard InChI is InChI=1S/C12H21N3S/c1-9(2)11-13-14-12(16)15(11)8-7-10-5-3-4-6-10/h9-10H,3-8H2,1-2H3,(H,14,16). The van der Waals surface area contributed by atoms with Gasteiger partial charge in [-0.3, -0.25) is 5.10 Å². The summed E-state index contributed by atoms with van der Waals surface area (Å²) in [6.07, 6.45) is 6.90. The first-order valence-electron chi connectivity index (χ1n) is 6.33. The van der Waals surface area contributed by atoms with E-state index in [-0.39, 0.29) is 0 Å². The van der Waals surface area contributed by atoms with E-state index in [2.05, 4.69) is 28.6 Å². The molecule has 1 N–H and O–H groups in total. The van der Waals surface area contributed by atoms with Crippen molar-refractivity contribution in [3.05, 3.63) is 10.6 Å². The van der Waals surface area contributed by atoms with Gasteiger partial charge in [0.05, 0.1) is 0 Å². The number of rotatable bonds is 4. The molecule has 1 fully saturated rings. The summed E-state index contributed by atoms with van der Waals surface area (Å²) >= 11 is 5.28. The first kappa shape index (κ1) is 11.8. The van der Waals surface area contributed by atoms with Crippen LogP contribution < -0.4 is 0 Å². The minimum Gasteiger partial charge on any atom is -0.304 e. The van der Waals surface area contributed by atoms with E-state index in [0.717, 1.165) is 23.1 Å². The molecule has 0 aliphatic heterocycles. The lowest BCUT2D eigenvalue weighted by atomic mass is 10.0. The Morgan fingerprint density at radius 1 is 1.44 bits per heavy atom. The van der Waals surface area contributed by atoms with E-state index in [9.17, 15) is 0 Å². The molecule has 0 amide bonds. The Labute approximate surface area is 102 Å². The second-order valence-electron chi connectivity index (χ2n) is 5.13. The Hall–Kier alpha value is -0.640. The second kappa shape index (κ2) is 5.13. The van der Waals surface area contributed by atoms with Crippen LogP contribution in [0.3, 0.4) is 0 Å². The molecule has 0 unspecified atom stereocenters. The molecule has 0 saturated heterocycles. The number of nitrogens with one attached hydrogen (secondary N) is 1. The van der Waals surface area contributed by atoms with Gasteiger partial charge in [0.2, 0.25) is 0 Å². The fourth-order valence-electron chi connectivity index (χ4n) is 2.60. The molecule has 1 aromatic rings. The van der Waals surface area contributed by atoms with Gasteiger partial charge >= 0.3 is 0 Å². The zero-order chi connectivity index (χ0) is 11.5. The Bertz CT molecular complexity index is 385. The molecule has 0 aromatic carbocycles. The maximum atomic E-state index is 5.28. The van der Waals surface area contributed by atoms with Crippen LogP contribution in [0.5, 0.6) is 0 Å². The Balaban J connectivity index is 2.02. The number of H-pyrrole nitrogens is 1. The Morgan fingerprint density at radius 2 is 2.12 bits per heavy atom. The third kappa shape index (κ3) is 2.54. The van der Waals surface area contributed by atoms with Crippen LogP contribution in [0.4, 0.5) is 0 Å². The average molecular weight is 239 g/mol. The third-order valence-electron chi connectivity index (χ3n) is 3.54. The van der Waals surface area contributed by atoms with Gasteiger partial charge in [0.25, 0.3) is 0 Å². The van der Waals surface area contributed by atoms with Gasteiger partial charge in [0.15, 0.2) is 4.77 Å². The number of hydrogen-bond donors (Lipinski definition) is 1. The van der Waals surface area contributed by atoms with Crippen LogP contribution in [0.15, 0.2) is 0 Å². The fourth-order valence-corrected chi connectivity index (χ4v) is 2.83. The molecular formula is C12H21N3S. The largest absolute Gasteiger partial charge is 0.304 e. The first-order chi connectivity index (χ1) is 7.68. The molecule has 0 atom stereocenters. The number of aromatic amines is 1. The van der Waals surface area contributed by atoms with Crippen LogP contribution in [0.1, 0.15) is 57.7 Å². The van der Waals surface area contributed by atoms with Gasteiger partial charge in [-0.05, 0) is 24.6 Å². The van der Waals surface area contributed by atoms with Crippen molar-refractivity contribution in [3.8, 4) is 0 Å². The molecule has 0 spiro atoms. The van der Waals surface area contributed by atoms with Crippen molar-refractivity contribution >= 4 is 12.2 Å². The van der Waals surface area contributed by atoms with Crippen LogP contribution in [-0.2, 0) is 6.54 Å². The van der Waals surface area contributed by atoms with Crippen molar-refractivity contribution in [3.63, 3.8) is 0 Å². The van der Waals surface area contributed by atoms with E-state index in [4.69, 9.17) is 12.2 Å². The zero-order valence-corrected chi connectivity index (χ0v) is 11.0. The van der Waals surface area contributed by atoms with Gasteiger partial charge in [0.1, 0.15) is 5.82 Å². The summed E-state index contributed by atoms with van der Waals surface area (Å²) in [4.78, 5) is 0. The summed E-state index contributed by atoms with van der Waals surface area (Å²) in [6, 6.07) is 0. The molecule has 1 heterocycles. The lowest BCUT2D eigenvalue weighted by molar-refractivity contribution is 0.446. The zero-order valence-electron chi connectivity index (χ0n) is 10.2. The molecule has 1 aromatic heterocycles. The van der Waals surface area contributed by atoms with Crippen molar-refractivity contribution in [1.82, 2.24) is 14.8 Å². The van der Waals surface area contributed by atoms with Crippen LogP contribution in [-0.4, -0.2) is 14.8 Å². The fraction of sp³-hybridized carbons (Fsp3) is 0.833. The molecule has 1 aliphatic carbocycles. The summed E-state index contributed by atoms with van der Waals surface area (Å²) < 4.78 is 2.96. The van der Waals surface area contributed by atoms with Gasteiger partial charge < -0.3 is 4.57 Å². The van der Waals surface area contributed by atoms with Crippen molar-refractivity contribution in [2.75, 3.05) is 0 Å². The van der Waals surface area contributed by atoms with Gasteiger partial charge in [-0.2, -0.15) is 5.10 Å². The predicted octanol–water partition coefficient (Wildman–Crippen LogP) is 3.64. The number of hydrogen-bond acceptors (Lipinski definition) is 2. The molecule has 1 aliphatic rings. The maximum absolute atomic E-state index is 5.28. The predicted molar refractivity (Wildman–Crippen MR) is 68.1 cm³/mol. The summed E-state index contributed by atoms with van der Waals surface area (Å²) in [5.41, 5.74) is 0. The monoisotopic (exact) mass is 239 g/mol. The smallest absolute Gasteiger partial charge is 0.195 e. The van der Waals surface area contributed by atoms with E-state index in [1.165, 1.54) is 32.1 Å². The van der Waals surface area contributed by atoms with Crippen LogP contribution in [0, 0.1) is 10.7 Å².